The highest BCUT2D eigenvalue weighted by Gasteiger charge is 2.45. The lowest BCUT2D eigenvalue weighted by atomic mass is 9.81. The van der Waals surface area contributed by atoms with Crippen molar-refractivity contribution in [3.8, 4) is 0 Å². The Bertz CT molecular complexity index is 1130. The van der Waals surface area contributed by atoms with Crippen LogP contribution in [0.4, 0.5) is 18.0 Å². The number of rotatable bonds is 12. The van der Waals surface area contributed by atoms with Gasteiger partial charge in [-0.05, 0) is 42.4 Å². The smallest absolute Gasteiger partial charge is 0.363 e. The number of primary amides is 1. The van der Waals surface area contributed by atoms with Gasteiger partial charge < -0.3 is 31.5 Å². The third-order valence-corrected chi connectivity index (χ3v) is 8.59. The van der Waals surface area contributed by atoms with Crippen LogP contribution in [0.1, 0.15) is 86.5 Å². The fourth-order valence-corrected chi connectivity index (χ4v) is 5.45. The number of ketones is 1. The first-order chi connectivity index (χ1) is 20.5. The van der Waals surface area contributed by atoms with Crippen molar-refractivity contribution in [2.24, 2.45) is 22.5 Å². The zero-order valence-electron chi connectivity index (χ0n) is 27.3. The predicted molar refractivity (Wildman–Crippen MR) is 159 cm³/mol. The number of nitrogens with zero attached hydrogens (tertiary/aromatic N) is 2. The van der Waals surface area contributed by atoms with E-state index in [-0.39, 0.29) is 13.0 Å². The van der Waals surface area contributed by atoms with Crippen LogP contribution >= 0.6 is 0 Å². The maximum atomic E-state index is 13.9. The van der Waals surface area contributed by atoms with Crippen molar-refractivity contribution in [3.63, 3.8) is 0 Å². The third kappa shape index (κ3) is 10.6. The highest BCUT2D eigenvalue weighted by atomic mass is 19.4. The van der Waals surface area contributed by atoms with E-state index in [4.69, 9.17) is 5.73 Å². The molecule has 0 aromatic carbocycles. The van der Waals surface area contributed by atoms with Gasteiger partial charge in [0.05, 0.1) is 12.1 Å². The summed E-state index contributed by atoms with van der Waals surface area (Å²) in [7, 11) is 0.989. The molecule has 0 spiro atoms. The minimum atomic E-state index is -5.08. The summed E-state index contributed by atoms with van der Waals surface area (Å²) < 4.78 is 38.9. The molecular formula is C30H49F3N6O6. The van der Waals surface area contributed by atoms with Gasteiger partial charge in [-0.1, -0.05) is 60.8 Å². The molecule has 12 nitrogen and oxygen atoms in total. The zero-order chi connectivity index (χ0) is 34.5. The maximum absolute atomic E-state index is 13.9. The fraction of sp³-hybridized carbons (Fsp3) is 0.800. The van der Waals surface area contributed by atoms with Crippen molar-refractivity contribution in [2.75, 3.05) is 20.1 Å². The van der Waals surface area contributed by atoms with Gasteiger partial charge in [0.2, 0.25) is 17.6 Å². The van der Waals surface area contributed by atoms with Crippen LogP contribution in [0.5, 0.6) is 0 Å². The normalized spacial score (nSPS) is 19.5. The van der Waals surface area contributed by atoms with Crippen LogP contribution < -0.4 is 21.7 Å². The molecule has 4 atom stereocenters. The van der Waals surface area contributed by atoms with E-state index in [0.717, 1.165) is 26.3 Å². The van der Waals surface area contributed by atoms with Crippen LogP contribution in [0.2, 0.25) is 0 Å². The lowest BCUT2D eigenvalue weighted by Crippen LogP contribution is -2.62. The molecule has 6 amide bonds. The zero-order valence-corrected chi connectivity index (χ0v) is 27.3. The highest BCUT2D eigenvalue weighted by Crippen LogP contribution is 2.31. The number of urea groups is 1. The first kappa shape index (κ1) is 37.8. The molecule has 2 rings (SSSR count). The maximum Gasteiger partial charge on any atom is 0.471 e. The number of hydrogen-bond acceptors (Lipinski definition) is 6. The van der Waals surface area contributed by atoms with Crippen molar-refractivity contribution < 1.29 is 41.9 Å². The van der Waals surface area contributed by atoms with Gasteiger partial charge in [-0.3, -0.25) is 24.0 Å². The van der Waals surface area contributed by atoms with E-state index < -0.39 is 83.2 Å². The number of halogens is 3. The number of alkyl halides is 3. The minimum absolute atomic E-state index is 0.207. The molecule has 5 N–H and O–H groups in total. The predicted octanol–water partition coefficient (Wildman–Crippen LogP) is 2.25. The molecule has 15 heteroatoms. The molecule has 1 aliphatic heterocycles. The first-order valence-electron chi connectivity index (χ1n) is 15.4. The summed E-state index contributed by atoms with van der Waals surface area (Å²) in [5.74, 6) is -4.85. The Morgan fingerprint density at radius 2 is 1.49 bits per heavy atom. The lowest BCUT2D eigenvalue weighted by molar-refractivity contribution is -0.184. The van der Waals surface area contributed by atoms with Gasteiger partial charge in [0.15, 0.2) is 0 Å². The first-order valence-corrected chi connectivity index (χ1v) is 15.4. The van der Waals surface area contributed by atoms with Crippen LogP contribution in [0.3, 0.4) is 0 Å². The number of nitrogens with two attached hydrogens (primary N) is 1. The van der Waals surface area contributed by atoms with Crippen LogP contribution in [-0.2, 0) is 24.0 Å². The molecule has 256 valence electrons. The molecule has 1 saturated carbocycles. The van der Waals surface area contributed by atoms with Gasteiger partial charge in [-0.15, -0.1) is 0 Å². The van der Waals surface area contributed by atoms with E-state index >= 15 is 0 Å². The molecule has 4 unspecified atom stereocenters. The number of likely N-dealkylation sites (tertiary alicyclic amines) is 1. The summed E-state index contributed by atoms with van der Waals surface area (Å²) >= 11 is 0. The van der Waals surface area contributed by atoms with Gasteiger partial charge in [0.25, 0.3) is 5.91 Å². The second kappa shape index (κ2) is 14.8. The number of carbonyl (C=O) groups excluding carboxylic acids is 6. The van der Waals surface area contributed by atoms with Gasteiger partial charge >= 0.3 is 18.1 Å². The molecule has 45 heavy (non-hydrogen) atoms. The number of hydrogen-bond donors (Lipinski definition) is 4. The topological polar surface area (TPSA) is 171 Å². The number of nitrogens with one attached hydrogen (secondary N) is 3. The molecule has 0 bridgehead atoms. The average molecular weight is 647 g/mol. The van der Waals surface area contributed by atoms with Gasteiger partial charge in [0, 0.05) is 20.1 Å². The van der Waals surface area contributed by atoms with Crippen molar-refractivity contribution in [1.29, 1.82) is 0 Å². The van der Waals surface area contributed by atoms with E-state index in [9.17, 15) is 41.9 Å². The van der Waals surface area contributed by atoms with Crippen molar-refractivity contribution in [2.45, 2.75) is 117 Å². The number of carbonyl (C=O) groups is 6. The molecular weight excluding hydrogens is 597 g/mol. The fourth-order valence-electron chi connectivity index (χ4n) is 5.45. The average Bonchev–Trinajstić information content (AvgIpc) is 3.37. The summed E-state index contributed by atoms with van der Waals surface area (Å²) in [5, 5.41) is 7.88. The molecule has 0 aromatic heterocycles. The molecule has 0 aromatic rings. The Labute approximate surface area is 262 Å². The SMILES string of the molecule is CN(CC(NC(=O)NC(C(=O)N1CCCC1C(=O)NC(CCC1CCC1)C(=O)C(N)=O)C(C)(C)C)C(C)(C)C)C(=O)C(F)(F)F. The standard InChI is InChI=1S/C30H49F3N6O6/c1-28(2,3)20(16-38(7)26(44)30(31,32)33)36-27(45)37-22(29(4,5)6)25(43)39-15-9-12-19(39)24(42)35-18(21(40)23(34)41)14-13-17-10-8-11-17/h17-20,22H,8-16H2,1-7H3,(H2,34,41)(H,35,42)(H2,36,37,45). The highest BCUT2D eigenvalue weighted by molar-refractivity contribution is 6.37. The largest absolute Gasteiger partial charge is 0.471 e. The van der Waals surface area contributed by atoms with Crippen molar-refractivity contribution >= 4 is 35.4 Å². The molecule has 1 heterocycles. The Hall–Kier alpha value is -3.39. The molecule has 0 radical (unpaired) electrons. The summed E-state index contributed by atoms with van der Waals surface area (Å²) in [4.78, 5) is 78.2. The van der Waals surface area contributed by atoms with Crippen LogP contribution in [0.15, 0.2) is 0 Å². The molecule has 1 aliphatic carbocycles. The van der Waals surface area contributed by atoms with Crippen LogP contribution in [0, 0.1) is 16.7 Å². The summed E-state index contributed by atoms with van der Waals surface area (Å²) in [5.41, 5.74) is 3.61. The van der Waals surface area contributed by atoms with Crippen molar-refractivity contribution in [3.05, 3.63) is 0 Å². The van der Waals surface area contributed by atoms with Crippen LogP contribution in [0.25, 0.3) is 0 Å². The quantitative estimate of drug-likeness (QED) is 0.237. The third-order valence-electron chi connectivity index (χ3n) is 8.59. The van der Waals surface area contributed by atoms with Gasteiger partial charge in [-0.25, -0.2) is 4.79 Å². The van der Waals surface area contributed by atoms with E-state index in [2.05, 4.69) is 16.0 Å². The second-order valence-electron chi connectivity index (χ2n) is 14.4. The van der Waals surface area contributed by atoms with Gasteiger partial charge in [-0.2, -0.15) is 13.2 Å². The Morgan fingerprint density at radius 1 is 0.889 bits per heavy atom. The van der Waals surface area contributed by atoms with E-state index in [0.29, 0.717) is 30.1 Å². The molecule has 2 fully saturated rings. The second-order valence-corrected chi connectivity index (χ2v) is 14.4. The Morgan fingerprint density at radius 3 is 1.96 bits per heavy atom. The monoisotopic (exact) mass is 646 g/mol. The molecule has 2 aliphatic rings. The lowest BCUT2D eigenvalue weighted by Gasteiger charge is -2.38. The number of likely N-dealkylation sites (N-methyl/N-ethyl adjacent to an activating group) is 1. The van der Waals surface area contributed by atoms with Crippen LogP contribution in [-0.4, -0.2) is 95.7 Å². The molecule has 1 saturated heterocycles. The van der Waals surface area contributed by atoms with E-state index in [1.54, 1.807) is 41.5 Å². The minimum Gasteiger partial charge on any atom is -0.363 e. The van der Waals surface area contributed by atoms with Crippen molar-refractivity contribution in [1.82, 2.24) is 25.8 Å². The van der Waals surface area contributed by atoms with E-state index in [1.165, 1.54) is 4.90 Å². The summed E-state index contributed by atoms with van der Waals surface area (Å²) in [6.07, 6.45) is -0.264. The Balaban J connectivity index is 2.18. The summed E-state index contributed by atoms with van der Waals surface area (Å²) in [6.45, 7) is 9.95. The number of Topliss-reactive ketones (excluding diaryl/α,β-unsaturated/α-hetero) is 1. The number of amides is 6. The van der Waals surface area contributed by atoms with E-state index in [1.807, 2.05) is 0 Å². The Kier molecular flexibility index (Phi) is 12.4. The summed E-state index contributed by atoms with van der Waals surface area (Å²) in [6, 6.07) is -4.97. The van der Waals surface area contributed by atoms with Gasteiger partial charge in [0.1, 0.15) is 12.1 Å².